The molecule has 0 bridgehead atoms. The van der Waals surface area contributed by atoms with Gasteiger partial charge in [-0.05, 0) is 13.3 Å². The Morgan fingerprint density at radius 1 is 1.70 bits per heavy atom. The van der Waals surface area contributed by atoms with E-state index in [-0.39, 0.29) is 12.5 Å². The van der Waals surface area contributed by atoms with Crippen molar-refractivity contribution in [2.75, 3.05) is 13.7 Å². The van der Waals surface area contributed by atoms with E-state index in [2.05, 4.69) is 5.32 Å². The van der Waals surface area contributed by atoms with Crippen LogP contribution in [-0.2, 0) is 4.79 Å². The third-order valence-corrected chi connectivity index (χ3v) is 1.16. The van der Waals surface area contributed by atoms with Crippen molar-refractivity contribution < 1.29 is 9.90 Å². The van der Waals surface area contributed by atoms with Crippen molar-refractivity contribution >= 4 is 5.91 Å². The molecule has 3 heteroatoms. The summed E-state index contributed by atoms with van der Waals surface area (Å²) in [6, 6.07) is 0. The molecule has 0 aromatic heterocycles. The number of carbonyl (C=O) groups is 1. The van der Waals surface area contributed by atoms with E-state index >= 15 is 0 Å². The van der Waals surface area contributed by atoms with E-state index in [0.717, 1.165) is 0 Å². The van der Waals surface area contributed by atoms with Gasteiger partial charge in [-0.2, -0.15) is 0 Å². The molecule has 58 valence electrons. The van der Waals surface area contributed by atoms with E-state index in [9.17, 15) is 4.79 Å². The molecule has 0 radical (unpaired) electrons. The molecule has 0 saturated heterocycles. The van der Waals surface area contributed by atoms with Crippen molar-refractivity contribution in [3.8, 4) is 0 Å². The first kappa shape index (κ1) is 9.17. The van der Waals surface area contributed by atoms with Gasteiger partial charge in [0.2, 0.25) is 5.91 Å². The Bertz CT molecular complexity index is 141. The lowest BCUT2D eigenvalue weighted by molar-refractivity contribution is -0.117. The molecule has 3 nitrogen and oxygen atoms in total. The summed E-state index contributed by atoms with van der Waals surface area (Å²) in [4.78, 5) is 10.8. The van der Waals surface area contributed by atoms with Gasteiger partial charge in [0.1, 0.15) is 0 Å². The maximum absolute atomic E-state index is 10.8. The van der Waals surface area contributed by atoms with Gasteiger partial charge < -0.3 is 10.4 Å². The highest BCUT2D eigenvalue weighted by Gasteiger charge is 1.97. The van der Waals surface area contributed by atoms with Crippen LogP contribution in [0.2, 0.25) is 0 Å². The summed E-state index contributed by atoms with van der Waals surface area (Å²) in [5.74, 6) is -0.0894. The van der Waals surface area contributed by atoms with Gasteiger partial charge in [0, 0.05) is 19.2 Å². The Morgan fingerprint density at radius 2 is 2.30 bits per heavy atom. The second kappa shape index (κ2) is 4.99. The number of aliphatic hydroxyl groups is 1. The smallest absolute Gasteiger partial charge is 0.246 e. The van der Waals surface area contributed by atoms with Crippen LogP contribution in [0.5, 0.6) is 0 Å². The molecule has 0 spiro atoms. The van der Waals surface area contributed by atoms with Gasteiger partial charge in [-0.15, -0.1) is 0 Å². The lowest BCUT2D eigenvalue weighted by atomic mass is 10.2. The van der Waals surface area contributed by atoms with Crippen LogP contribution in [0.4, 0.5) is 0 Å². The first-order valence-electron chi connectivity index (χ1n) is 3.22. The first-order chi connectivity index (χ1) is 4.72. The fourth-order valence-electron chi connectivity index (χ4n) is 0.571. The van der Waals surface area contributed by atoms with Gasteiger partial charge in [0.15, 0.2) is 0 Å². The lowest BCUT2D eigenvalue weighted by Crippen LogP contribution is -2.18. The number of rotatable bonds is 3. The van der Waals surface area contributed by atoms with Crippen LogP contribution >= 0.6 is 0 Å². The maximum Gasteiger partial charge on any atom is 0.246 e. The van der Waals surface area contributed by atoms with Crippen LogP contribution in [0.1, 0.15) is 13.3 Å². The van der Waals surface area contributed by atoms with Gasteiger partial charge in [0.25, 0.3) is 0 Å². The zero-order chi connectivity index (χ0) is 7.98. The van der Waals surface area contributed by atoms with Crippen LogP contribution in [-0.4, -0.2) is 24.7 Å². The Balaban J connectivity index is 3.80. The highest BCUT2D eigenvalue weighted by molar-refractivity contribution is 5.92. The third-order valence-electron chi connectivity index (χ3n) is 1.16. The van der Waals surface area contributed by atoms with Gasteiger partial charge in [-0.25, -0.2) is 0 Å². The molecule has 0 aliphatic rings. The average molecular weight is 143 g/mol. The minimum atomic E-state index is -0.0894. The number of hydrogen-bond acceptors (Lipinski definition) is 2. The predicted molar refractivity (Wildman–Crippen MR) is 39.5 cm³/mol. The van der Waals surface area contributed by atoms with Crippen LogP contribution in [0.15, 0.2) is 11.6 Å². The van der Waals surface area contributed by atoms with Crippen LogP contribution < -0.4 is 5.32 Å². The van der Waals surface area contributed by atoms with Gasteiger partial charge >= 0.3 is 0 Å². The second-order valence-corrected chi connectivity index (χ2v) is 1.98. The van der Waals surface area contributed by atoms with Crippen molar-refractivity contribution in [1.82, 2.24) is 5.32 Å². The quantitative estimate of drug-likeness (QED) is 0.549. The number of carbonyl (C=O) groups excluding carboxylic acids is 1. The summed E-state index contributed by atoms with van der Waals surface area (Å²) in [5.41, 5.74) is 0.650. The standard InChI is InChI=1S/C7H13NO2/c1-6(4-3-5-9)7(10)8-2/h4,9H,3,5H2,1-2H3,(H,8,10). The normalized spacial score (nSPS) is 11.3. The molecule has 0 fully saturated rings. The highest BCUT2D eigenvalue weighted by atomic mass is 16.2. The van der Waals surface area contributed by atoms with Gasteiger partial charge in [-0.1, -0.05) is 6.08 Å². The van der Waals surface area contributed by atoms with Gasteiger partial charge in [0.05, 0.1) is 0 Å². The van der Waals surface area contributed by atoms with E-state index in [4.69, 9.17) is 5.11 Å². The van der Waals surface area contributed by atoms with E-state index in [1.54, 1.807) is 20.0 Å². The SMILES string of the molecule is CNC(=O)C(C)=CCCO. The molecule has 0 saturated carbocycles. The fourth-order valence-corrected chi connectivity index (χ4v) is 0.571. The van der Waals surface area contributed by atoms with Crippen LogP contribution in [0.25, 0.3) is 0 Å². The largest absolute Gasteiger partial charge is 0.396 e. The molecule has 0 aromatic rings. The molecule has 0 heterocycles. The molecule has 0 rings (SSSR count). The summed E-state index contributed by atoms with van der Waals surface area (Å²) in [6.45, 7) is 1.81. The van der Waals surface area contributed by atoms with Crippen molar-refractivity contribution in [1.29, 1.82) is 0 Å². The zero-order valence-electron chi connectivity index (χ0n) is 6.35. The summed E-state index contributed by atoms with van der Waals surface area (Å²) in [5, 5.41) is 10.9. The molecule has 1 amide bonds. The summed E-state index contributed by atoms with van der Waals surface area (Å²) in [7, 11) is 1.58. The van der Waals surface area contributed by atoms with Crippen molar-refractivity contribution in [3.05, 3.63) is 11.6 Å². The monoisotopic (exact) mass is 143 g/mol. The molecule has 10 heavy (non-hydrogen) atoms. The third kappa shape index (κ3) is 3.25. The average Bonchev–Trinajstić information content (AvgIpc) is 1.98. The van der Waals surface area contributed by atoms with E-state index < -0.39 is 0 Å². The van der Waals surface area contributed by atoms with E-state index in [1.165, 1.54) is 0 Å². The van der Waals surface area contributed by atoms with Crippen LogP contribution in [0.3, 0.4) is 0 Å². The molecule has 0 aromatic carbocycles. The Kier molecular flexibility index (Phi) is 4.58. The maximum atomic E-state index is 10.8. The van der Waals surface area contributed by atoms with Gasteiger partial charge in [-0.3, -0.25) is 4.79 Å². The van der Waals surface area contributed by atoms with Crippen LogP contribution in [0, 0.1) is 0 Å². The molecular weight excluding hydrogens is 130 g/mol. The molecule has 2 N–H and O–H groups in total. The van der Waals surface area contributed by atoms with Crippen molar-refractivity contribution in [2.45, 2.75) is 13.3 Å². The first-order valence-corrected chi connectivity index (χ1v) is 3.22. The number of aliphatic hydroxyl groups excluding tert-OH is 1. The molecular formula is C7H13NO2. The topological polar surface area (TPSA) is 49.3 Å². The molecule has 0 unspecified atom stereocenters. The Morgan fingerprint density at radius 3 is 2.70 bits per heavy atom. The van der Waals surface area contributed by atoms with Crippen molar-refractivity contribution in [2.24, 2.45) is 0 Å². The summed E-state index contributed by atoms with van der Waals surface area (Å²) in [6.07, 6.45) is 2.25. The Hall–Kier alpha value is -0.830. The number of nitrogens with one attached hydrogen (secondary N) is 1. The minimum Gasteiger partial charge on any atom is -0.396 e. The molecule has 0 aliphatic carbocycles. The number of amides is 1. The summed E-state index contributed by atoms with van der Waals surface area (Å²) < 4.78 is 0. The zero-order valence-corrected chi connectivity index (χ0v) is 6.35. The lowest BCUT2D eigenvalue weighted by Gasteiger charge is -1.96. The van der Waals surface area contributed by atoms with E-state index in [1.807, 2.05) is 0 Å². The predicted octanol–water partition coefficient (Wildman–Crippen LogP) is 0.0611. The second-order valence-electron chi connectivity index (χ2n) is 1.98. The molecule has 0 aliphatic heterocycles. The minimum absolute atomic E-state index is 0.0894. The summed E-state index contributed by atoms with van der Waals surface area (Å²) >= 11 is 0. The number of hydrogen-bond donors (Lipinski definition) is 2. The highest BCUT2D eigenvalue weighted by Crippen LogP contribution is 1.93. The van der Waals surface area contributed by atoms with E-state index in [0.29, 0.717) is 12.0 Å². The molecule has 0 atom stereocenters. The number of likely N-dealkylation sites (N-methyl/N-ethyl adjacent to an activating group) is 1. The fraction of sp³-hybridized carbons (Fsp3) is 0.571. The Labute approximate surface area is 60.7 Å². The van der Waals surface area contributed by atoms with Crippen molar-refractivity contribution in [3.63, 3.8) is 0 Å².